The van der Waals surface area contributed by atoms with Crippen molar-refractivity contribution >= 4 is 6.16 Å². The molecule has 14 heavy (non-hydrogen) atoms. The van der Waals surface area contributed by atoms with Gasteiger partial charge >= 0.3 is 0 Å². The molecule has 5 nitrogen and oxygen atoms in total. The Balaban J connectivity index is 0. The van der Waals surface area contributed by atoms with E-state index in [0.717, 1.165) is 31.5 Å². The third kappa shape index (κ3) is 13.8. The van der Waals surface area contributed by atoms with Crippen LogP contribution in [0.4, 0.5) is 4.79 Å². The third-order valence-electron chi connectivity index (χ3n) is 1.67. The second-order valence-electron chi connectivity index (χ2n) is 3.33. The van der Waals surface area contributed by atoms with Crippen LogP contribution in [-0.4, -0.2) is 51.7 Å². The predicted octanol–water partition coefficient (Wildman–Crippen LogP) is 0.0528. The summed E-state index contributed by atoms with van der Waals surface area (Å²) in [6, 6.07) is 0. The molecule has 0 bridgehead atoms. The topological polar surface area (TPSA) is 58.6 Å². The van der Waals surface area contributed by atoms with Gasteiger partial charge in [0.05, 0.1) is 20.6 Å². The summed E-state index contributed by atoms with van der Waals surface area (Å²) in [5, 5.41) is 9.03. The van der Waals surface area contributed by atoms with Crippen molar-refractivity contribution in [2.45, 2.75) is 13.8 Å². The van der Waals surface area contributed by atoms with E-state index in [1.807, 2.05) is 6.92 Å². The summed E-state index contributed by atoms with van der Waals surface area (Å²) < 4.78 is 9.77. The van der Waals surface area contributed by atoms with Gasteiger partial charge in [0.15, 0.2) is 6.73 Å². The summed E-state index contributed by atoms with van der Waals surface area (Å²) in [7, 11) is 5.36. The number of carboxylic acid groups (broad SMARTS) is 1. The second-order valence-corrected chi connectivity index (χ2v) is 3.33. The zero-order valence-electron chi connectivity index (χ0n) is 9.70. The maximum absolute atomic E-state index is 9.03. The fourth-order valence-corrected chi connectivity index (χ4v) is 0.430. The van der Waals surface area contributed by atoms with Gasteiger partial charge in [-0.3, -0.25) is 0 Å². The van der Waals surface area contributed by atoms with E-state index in [1.165, 1.54) is 0 Å². The van der Waals surface area contributed by atoms with Crippen LogP contribution >= 0.6 is 0 Å². The van der Waals surface area contributed by atoms with Crippen molar-refractivity contribution < 1.29 is 23.9 Å². The number of methoxy groups -OCH3 is 1. The van der Waals surface area contributed by atoms with Gasteiger partial charge in [0.1, 0.15) is 0 Å². The van der Waals surface area contributed by atoms with Crippen LogP contribution in [0.5, 0.6) is 0 Å². The molecule has 0 amide bonds. The van der Waals surface area contributed by atoms with Crippen molar-refractivity contribution in [3.05, 3.63) is 0 Å². The molecule has 0 spiro atoms. The highest BCUT2D eigenvalue weighted by Crippen LogP contribution is 1.94. The van der Waals surface area contributed by atoms with Crippen molar-refractivity contribution in [3.63, 3.8) is 0 Å². The first kappa shape index (κ1) is 15.7. The quantitative estimate of drug-likeness (QED) is 0.371. The standard InChI is InChI=1S/C7H18NO.C2H4O3/c1-5-8(3,4)7-9-6-2;1-5-2(3)4/h5-7H2,1-4H3;1H3,(H,3,4)/q+1;/p-1. The lowest BCUT2D eigenvalue weighted by Crippen LogP contribution is -2.41. The van der Waals surface area contributed by atoms with Crippen LogP contribution in [0.3, 0.4) is 0 Å². The summed E-state index contributed by atoms with van der Waals surface area (Å²) in [4.78, 5) is 9.03. The molecule has 0 rings (SSSR count). The molecule has 5 heteroatoms. The van der Waals surface area contributed by atoms with Crippen LogP contribution in [0, 0.1) is 0 Å². The van der Waals surface area contributed by atoms with E-state index < -0.39 is 6.16 Å². The van der Waals surface area contributed by atoms with Gasteiger partial charge in [-0.25, -0.2) is 0 Å². The Morgan fingerprint density at radius 3 is 2.00 bits per heavy atom. The van der Waals surface area contributed by atoms with E-state index in [2.05, 4.69) is 25.8 Å². The van der Waals surface area contributed by atoms with Gasteiger partial charge in [-0.2, -0.15) is 0 Å². The lowest BCUT2D eigenvalue weighted by Gasteiger charge is -2.26. The minimum Gasteiger partial charge on any atom is -0.553 e. The summed E-state index contributed by atoms with van der Waals surface area (Å²) in [6.07, 6.45) is -1.50. The Labute approximate surface area is 85.8 Å². The summed E-state index contributed by atoms with van der Waals surface area (Å²) in [5.74, 6) is 0. The van der Waals surface area contributed by atoms with Gasteiger partial charge in [0, 0.05) is 13.7 Å². The maximum Gasteiger partial charge on any atom is 0.251 e. The number of rotatable bonds is 4. The first-order chi connectivity index (χ1) is 6.39. The molecule has 0 unspecified atom stereocenters. The molecule has 0 aromatic carbocycles. The van der Waals surface area contributed by atoms with Gasteiger partial charge < -0.3 is 23.9 Å². The van der Waals surface area contributed by atoms with Crippen molar-refractivity contribution in [1.29, 1.82) is 0 Å². The van der Waals surface area contributed by atoms with Gasteiger partial charge in [-0.15, -0.1) is 0 Å². The average Bonchev–Trinajstić information content (AvgIpc) is 2.16. The van der Waals surface area contributed by atoms with Gasteiger partial charge in [-0.1, -0.05) is 0 Å². The SMILES string of the molecule is CCOC[N+](C)(C)CC.COC(=O)[O-]. The molecule has 0 fully saturated rings. The van der Waals surface area contributed by atoms with Crippen LogP contribution < -0.4 is 5.11 Å². The lowest BCUT2D eigenvalue weighted by molar-refractivity contribution is -0.907. The molecule has 0 saturated heterocycles. The Morgan fingerprint density at radius 2 is 1.79 bits per heavy atom. The fraction of sp³-hybridized carbons (Fsp3) is 0.889. The van der Waals surface area contributed by atoms with Gasteiger partial charge in [0.2, 0.25) is 0 Å². The monoisotopic (exact) mass is 207 g/mol. The van der Waals surface area contributed by atoms with E-state index in [0.29, 0.717) is 0 Å². The van der Waals surface area contributed by atoms with E-state index in [4.69, 9.17) is 14.6 Å². The number of carbonyl (C=O) groups excluding carboxylic acids is 1. The fourth-order valence-electron chi connectivity index (χ4n) is 0.430. The molecule has 0 aliphatic carbocycles. The Morgan fingerprint density at radius 1 is 1.36 bits per heavy atom. The van der Waals surface area contributed by atoms with Crippen LogP contribution in [-0.2, 0) is 9.47 Å². The molecule has 86 valence electrons. The third-order valence-corrected chi connectivity index (χ3v) is 1.67. The van der Waals surface area contributed by atoms with Crippen molar-refractivity contribution in [2.24, 2.45) is 0 Å². The number of ether oxygens (including phenoxy) is 2. The van der Waals surface area contributed by atoms with Gasteiger partial charge in [0.25, 0.3) is 6.16 Å². The summed E-state index contributed by atoms with van der Waals surface area (Å²) in [5.41, 5.74) is 0. The van der Waals surface area contributed by atoms with E-state index in [-0.39, 0.29) is 0 Å². The van der Waals surface area contributed by atoms with Crippen LogP contribution in [0.1, 0.15) is 13.8 Å². The highest BCUT2D eigenvalue weighted by Gasteiger charge is 2.09. The molecular weight excluding hydrogens is 186 g/mol. The zero-order chi connectivity index (χ0) is 11.6. The average molecular weight is 207 g/mol. The molecule has 0 aromatic rings. The Hall–Kier alpha value is -0.810. The van der Waals surface area contributed by atoms with Crippen LogP contribution in [0.2, 0.25) is 0 Å². The summed E-state index contributed by atoms with van der Waals surface area (Å²) >= 11 is 0. The highest BCUT2D eigenvalue weighted by molar-refractivity contribution is 5.53. The Kier molecular flexibility index (Phi) is 9.81. The van der Waals surface area contributed by atoms with Crippen LogP contribution in [0.25, 0.3) is 0 Å². The lowest BCUT2D eigenvalue weighted by atomic mass is 10.5. The van der Waals surface area contributed by atoms with E-state index >= 15 is 0 Å². The number of carbonyl (C=O) groups is 1. The minimum absolute atomic E-state index is 0.821. The zero-order valence-corrected chi connectivity index (χ0v) is 9.70. The molecule has 0 heterocycles. The normalized spacial score (nSPS) is 10.1. The molecule has 0 saturated carbocycles. The molecule has 0 aromatic heterocycles. The first-order valence-corrected chi connectivity index (χ1v) is 4.54. The highest BCUT2D eigenvalue weighted by atomic mass is 16.6. The largest absolute Gasteiger partial charge is 0.553 e. The molecule has 0 N–H and O–H groups in total. The van der Waals surface area contributed by atoms with Crippen molar-refractivity contribution in [1.82, 2.24) is 0 Å². The summed E-state index contributed by atoms with van der Waals surface area (Å²) in [6.45, 7) is 6.96. The minimum atomic E-state index is -1.50. The van der Waals surface area contributed by atoms with E-state index in [9.17, 15) is 0 Å². The predicted molar refractivity (Wildman–Crippen MR) is 51.5 cm³/mol. The van der Waals surface area contributed by atoms with Crippen molar-refractivity contribution in [3.8, 4) is 0 Å². The second kappa shape index (κ2) is 8.77. The molecular formula is C9H21NO4. The van der Waals surface area contributed by atoms with Crippen molar-refractivity contribution in [2.75, 3.05) is 41.1 Å². The molecule has 0 aliphatic heterocycles. The number of hydrogen-bond donors (Lipinski definition) is 0. The van der Waals surface area contributed by atoms with Gasteiger partial charge in [-0.05, 0) is 13.8 Å². The van der Waals surface area contributed by atoms with E-state index in [1.54, 1.807) is 0 Å². The van der Waals surface area contributed by atoms with Crippen LogP contribution in [0.15, 0.2) is 0 Å². The number of quaternary nitrogens is 1. The number of nitrogens with zero attached hydrogens (tertiary/aromatic N) is 1. The molecule has 0 atom stereocenters. The molecule has 0 aliphatic rings. The first-order valence-electron chi connectivity index (χ1n) is 4.54. The maximum atomic E-state index is 9.03. The number of hydrogen-bond acceptors (Lipinski definition) is 4. The molecule has 0 radical (unpaired) electrons. The smallest absolute Gasteiger partial charge is 0.251 e. The Bertz CT molecular complexity index is 148.